The number of rotatable bonds is 9. The topological polar surface area (TPSA) is 109 Å². The number of halogens is 1. The fraction of sp³-hybridized carbons (Fsp3) is 0.424. The summed E-state index contributed by atoms with van der Waals surface area (Å²) in [6.07, 6.45) is 3.99. The van der Waals surface area contributed by atoms with Gasteiger partial charge in [-0.05, 0) is 88.6 Å². The average Bonchev–Trinajstić information content (AvgIpc) is 3.45. The Labute approximate surface area is 251 Å². The summed E-state index contributed by atoms with van der Waals surface area (Å²) >= 11 is 6.32. The van der Waals surface area contributed by atoms with Crippen LogP contribution in [0.1, 0.15) is 70.7 Å². The van der Waals surface area contributed by atoms with Crippen molar-refractivity contribution in [1.29, 1.82) is 0 Å². The first kappa shape index (κ1) is 29.7. The summed E-state index contributed by atoms with van der Waals surface area (Å²) in [5, 5.41) is 19.0. The molecular weight excluding hydrogens is 552 g/mol. The van der Waals surface area contributed by atoms with Crippen molar-refractivity contribution in [2.45, 2.75) is 72.3 Å². The van der Waals surface area contributed by atoms with Gasteiger partial charge in [0.1, 0.15) is 11.4 Å². The second-order valence-electron chi connectivity index (χ2n) is 11.6. The highest BCUT2D eigenvalue weighted by Gasteiger charge is 2.29. The molecule has 0 spiro atoms. The van der Waals surface area contributed by atoms with Crippen LogP contribution in [0.3, 0.4) is 0 Å². The van der Waals surface area contributed by atoms with Gasteiger partial charge in [-0.1, -0.05) is 36.2 Å². The minimum Gasteiger partial charge on any atom is -0.494 e. The summed E-state index contributed by atoms with van der Waals surface area (Å²) in [5.74, 6) is -0.640. The normalized spacial score (nSPS) is 17.0. The van der Waals surface area contributed by atoms with E-state index in [1.165, 1.54) is 0 Å². The molecule has 1 saturated carbocycles. The van der Waals surface area contributed by atoms with Crippen LogP contribution in [-0.4, -0.2) is 44.4 Å². The third-order valence-corrected chi connectivity index (χ3v) is 9.15. The average molecular weight is 591 g/mol. The molecule has 2 aromatic heterocycles. The van der Waals surface area contributed by atoms with Crippen molar-refractivity contribution < 1.29 is 19.4 Å². The second-order valence-corrected chi connectivity index (χ2v) is 11.9. The number of amides is 1. The Morgan fingerprint density at radius 2 is 1.90 bits per heavy atom. The van der Waals surface area contributed by atoms with Gasteiger partial charge in [0, 0.05) is 40.3 Å². The molecule has 42 heavy (non-hydrogen) atoms. The number of carbonyl (C=O) groups excluding carboxylic acids is 1. The Kier molecular flexibility index (Phi) is 8.64. The lowest BCUT2D eigenvalue weighted by Gasteiger charge is -2.27. The molecule has 0 unspecified atom stereocenters. The number of carbonyl (C=O) groups is 2. The number of carboxylic acids is 1. The minimum atomic E-state index is -0.793. The van der Waals surface area contributed by atoms with Gasteiger partial charge in [0.2, 0.25) is 0 Å². The number of aryl methyl sites for hydroxylation is 5. The van der Waals surface area contributed by atoms with Crippen LogP contribution >= 0.6 is 11.6 Å². The third-order valence-electron chi connectivity index (χ3n) is 8.56. The van der Waals surface area contributed by atoms with E-state index in [2.05, 4.69) is 27.5 Å². The van der Waals surface area contributed by atoms with Gasteiger partial charge in [-0.25, -0.2) is 0 Å². The van der Waals surface area contributed by atoms with Crippen molar-refractivity contribution in [1.82, 2.24) is 20.1 Å². The Morgan fingerprint density at radius 3 is 2.57 bits per heavy atom. The van der Waals surface area contributed by atoms with E-state index in [1.54, 1.807) is 0 Å². The lowest BCUT2D eigenvalue weighted by Crippen LogP contribution is -2.40. The number of fused-ring (bicyclic) bond motifs is 1. The van der Waals surface area contributed by atoms with Crippen molar-refractivity contribution in [3.63, 3.8) is 0 Å². The molecule has 9 heteroatoms. The number of benzene rings is 2. The maximum atomic E-state index is 13.8. The largest absolute Gasteiger partial charge is 0.494 e. The molecule has 0 aliphatic heterocycles. The number of nitrogens with one attached hydrogen (secondary N) is 2. The number of hydrogen-bond acceptors (Lipinski definition) is 4. The zero-order chi connectivity index (χ0) is 30.1. The molecule has 222 valence electrons. The van der Waals surface area contributed by atoms with Crippen LogP contribution in [0.25, 0.3) is 22.0 Å². The molecule has 3 N–H and O–H groups in total. The zero-order valence-corrected chi connectivity index (χ0v) is 25.7. The number of carboxylic acid groups (broad SMARTS) is 1. The van der Waals surface area contributed by atoms with Crippen LogP contribution < -0.4 is 10.1 Å². The highest BCUT2D eigenvalue weighted by molar-refractivity contribution is 6.32. The molecule has 2 atom stereocenters. The molecule has 2 aromatic carbocycles. The van der Waals surface area contributed by atoms with E-state index in [0.717, 1.165) is 73.7 Å². The summed E-state index contributed by atoms with van der Waals surface area (Å²) < 4.78 is 7.96. The molecule has 1 fully saturated rings. The monoisotopic (exact) mass is 590 g/mol. The van der Waals surface area contributed by atoms with Crippen molar-refractivity contribution in [2.75, 3.05) is 6.61 Å². The predicted molar refractivity (Wildman–Crippen MR) is 166 cm³/mol. The van der Waals surface area contributed by atoms with Gasteiger partial charge in [0.25, 0.3) is 5.91 Å². The summed E-state index contributed by atoms with van der Waals surface area (Å²) in [6, 6.07) is 9.86. The number of aliphatic carboxylic acids is 1. The summed E-state index contributed by atoms with van der Waals surface area (Å²) in [4.78, 5) is 28.9. The lowest BCUT2D eigenvalue weighted by molar-refractivity contribution is -0.143. The van der Waals surface area contributed by atoms with Crippen LogP contribution in [0.2, 0.25) is 5.02 Å². The molecule has 4 aromatic rings. The Hall–Kier alpha value is -3.78. The lowest BCUT2D eigenvalue weighted by atomic mass is 9.85. The Morgan fingerprint density at radius 1 is 1.17 bits per heavy atom. The molecule has 8 nitrogen and oxygen atoms in total. The van der Waals surface area contributed by atoms with Crippen molar-refractivity contribution in [3.05, 3.63) is 69.1 Å². The van der Waals surface area contributed by atoms with E-state index in [4.69, 9.17) is 16.3 Å². The maximum absolute atomic E-state index is 13.8. The third kappa shape index (κ3) is 5.91. The van der Waals surface area contributed by atoms with Gasteiger partial charge >= 0.3 is 5.97 Å². The first-order chi connectivity index (χ1) is 20.0. The van der Waals surface area contributed by atoms with Crippen LogP contribution in [0.5, 0.6) is 5.75 Å². The van der Waals surface area contributed by atoms with E-state index in [-0.39, 0.29) is 11.9 Å². The SMILES string of the molecule is Cc1cc(OCCCc2c(C(=O)N[C@@H]3CCC[C@@H](C(=O)O)C3)[nH]c3c(-c4c(C)nn(C)c4C)cccc23)cc(C)c1Cl. The number of aromatic amines is 1. The minimum absolute atomic E-state index is 0.173. The van der Waals surface area contributed by atoms with E-state index in [1.807, 2.05) is 57.6 Å². The summed E-state index contributed by atoms with van der Waals surface area (Å²) in [5.41, 5.74) is 8.33. The molecule has 2 heterocycles. The summed E-state index contributed by atoms with van der Waals surface area (Å²) in [7, 11) is 1.93. The Bertz CT molecular complexity index is 1630. The zero-order valence-electron chi connectivity index (χ0n) is 24.9. The summed E-state index contributed by atoms with van der Waals surface area (Å²) in [6.45, 7) is 8.46. The fourth-order valence-corrected chi connectivity index (χ4v) is 6.44. The molecule has 1 amide bonds. The van der Waals surface area contributed by atoms with Crippen molar-refractivity contribution in [2.24, 2.45) is 13.0 Å². The quantitative estimate of drug-likeness (QED) is 0.185. The number of hydrogen-bond donors (Lipinski definition) is 3. The number of ether oxygens (including phenoxy) is 1. The standard InChI is InChI=1S/C33H39ClN4O4/c1-18-15-24(16-19(2)29(18)34)42-14-8-13-26-25-11-7-12-27(28-20(3)37-38(5)21(28)4)30(25)36-31(26)32(39)35-23-10-6-9-22(17-23)33(40)41/h7,11-12,15-16,22-23,36H,6,8-10,13-14,17H2,1-5H3,(H,35,39)(H,40,41)/t22-,23-/m1/s1. The van der Waals surface area contributed by atoms with E-state index >= 15 is 0 Å². The first-order valence-corrected chi connectivity index (χ1v) is 15.0. The van der Waals surface area contributed by atoms with Crippen molar-refractivity contribution >= 4 is 34.4 Å². The number of H-pyrrole nitrogens is 1. The number of nitrogens with zero attached hydrogens (tertiary/aromatic N) is 2. The van der Waals surface area contributed by atoms with E-state index in [9.17, 15) is 14.7 Å². The second kappa shape index (κ2) is 12.2. The molecule has 1 aliphatic carbocycles. The number of para-hydroxylation sites is 1. The molecule has 1 aliphatic rings. The van der Waals surface area contributed by atoms with Gasteiger partial charge in [-0.15, -0.1) is 0 Å². The highest BCUT2D eigenvalue weighted by Crippen LogP contribution is 2.36. The van der Waals surface area contributed by atoms with E-state index in [0.29, 0.717) is 38.0 Å². The molecule has 0 saturated heterocycles. The Balaban J connectivity index is 1.45. The van der Waals surface area contributed by atoms with Gasteiger partial charge in [-0.3, -0.25) is 14.3 Å². The predicted octanol–water partition coefficient (Wildman–Crippen LogP) is 6.84. The number of aromatic nitrogens is 3. The molecule has 5 rings (SSSR count). The molecule has 0 bridgehead atoms. The van der Waals surface area contributed by atoms with Crippen LogP contribution in [0.15, 0.2) is 30.3 Å². The first-order valence-electron chi connectivity index (χ1n) is 14.6. The van der Waals surface area contributed by atoms with E-state index < -0.39 is 11.9 Å². The van der Waals surface area contributed by atoms with Gasteiger partial charge < -0.3 is 20.1 Å². The maximum Gasteiger partial charge on any atom is 0.306 e. The van der Waals surface area contributed by atoms with Crippen LogP contribution in [0.4, 0.5) is 0 Å². The van der Waals surface area contributed by atoms with Gasteiger partial charge in [0.15, 0.2) is 0 Å². The smallest absolute Gasteiger partial charge is 0.306 e. The van der Waals surface area contributed by atoms with Gasteiger partial charge in [0.05, 0.1) is 23.7 Å². The van der Waals surface area contributed by atoms with Crippen LogP contribution in [0, 0.1) is 33.6 Å². The molecule has 0 radical (unpaired) electrons. The fourth-order valence-electron chi connectivity index (χ4n) is 6.33. The van der Waals surface area contributed by atoms with Gasteiger partial charge in [-0.2, -0.15) is 5.10 Å². The van der Waals surface area contributed by atoms with Crippen LogP contribution in [-0.2, 0) is 18.3 Å². The highest BCUT2D eigenvalue weighted by atomic mass is 35.5. The molecular formula is C33H39ClN4O4. The van der Waals surface area contributed by atoms with Crippen molar-refractivity contribution in [3.8, 4) is 16.9 Å².